The number of carbonyl (C=O) groups excluding carboxylic acids is 1. The molecular formula is C22H23N5O4S. The Labute approximate surface area is 185 Å². The molecule has 1 fully saturated rings. The SMILES string of the molecule is O=C(Cn1nnc2ccccc2c1=O)N1CCc2cc(S(=O)(=O)N3CCCCC3)ccc21. The molecule has 32 heavy (non-hydrogen) atoms. The van der Waals surface area contributed by atoms with Gasteiger partial charge in [0.2, 0.25) is 15.9 Å². The van der Waals surface area contributed by atoms with Gasteiger partial charge in [-0.15, -0.1) is 5.10 Å². The van der Waals surface area contributed by atoms with Crippen LogP contribution < -0.4 is 10.5 Å². The first-order chi connectivity index (χ1) is 15.4. The van der Waals surface area contributed by atoms with E-state index in [-0.39, 0.29) is 22.9 Å². The summed E-state index contributed by atoms with van der Waals surface area (Å²) in [6.07, 6.45) is 3.37. The topological polar surface area (TPSA) is 105 Å². The van der Waals surface area contributed by atoms with Crippen molar-refractivity contribution >= 4 is 32.5 Å². The van der Waals surface area contributed by atoms with Crippen LogP contribution in [0.1, 0.15) is 24.8 Å². The number of amides is 1. The second-order valence-electron chi connectivity index (χ2n) is 8.12. The van der Waals surface area contributed by atoms with Crippen LogP contribution in [-0.2, 0) is 27.8 Å². The lowest BCUT2D eigenvalue weighted by atomic mass is 10.2. The minimum atomic E-state index is -3.53. The van der Waals surface area contributed by atoms with Crippen LogP contribution >= 0.6 is 0 Å². The van der Waals surface area contributed by atoms with Gasteiger partial charge in [0.15, 0.2) is 0 Å². The third-order valence-electron chi connectivity index (χ3n) is 6.11. The number of anilines is 1. The number of fused-ring (bicyclic) bond motifs is 2. The van der Waals surface area contributed by atoms with Crippen LogP contribution in [0.25, 0.3) is 10.9 Å². The second kappa shape index (κ2) is 8.10. The van der Waals surface area contributed by atoms with E-state index in [9.17, 15) is 18.0 Å². The minimum Gasteiger partial charge on any atom is -0.310 e. The van der Waals surface area contributed by atoms with Gasteiger partial charge in [-0.05, 0) is 55.2 Å². The standard InChI is InChI=1S/C22H23N5O4S/c28-21(15-27-22(29)18-6-2-3-7-19(18)23-24-27)26-13-10-16-14-17(8-9-20(16)26)32(30,31)25-11-4-1-5-12-25/h2-3,6-9,14H,1,4-5,10-13,15H2. The predicted molar refractivity (Wildman–Crippen MR) is 119 cm³/mol. The van der Waals surface area contributed by atoms with Crippen molar-refractivity contribution in [2.45, 2.75) is 37.1 Å². The number of sulfonamides is 1. The van der Waals surface area contributed by atoms with Crippen molar-refractivity contribution in [2.75, 3.05) is 24.5 Å². The maximum absolute atomic E-state index is 13.0. The molecule has 2 aromatic carbocycles. The van der Waals surface area contributed by atoms with Gasteiger partial charge in [0.25, 0.3) is 5.56 Å². The summed E-state index contributed by atoms with van der Waals surface area (Å²) in [6.45, 7) is 1.29. The number of carbonyl (C=O) groups is 1. The third kappa shape index (κ3) is 3.59. The van der Waals surface area contributed by atoms with Crippen molar-refractivity contribution in [1.82, 2.24) is 19.3 Å². The lowest BCUT2D eigenvalue weighted by molar-refractivity contribution is -0.119. The summed E-state index contributed by atoms with van der Waals surface area (Å²) in [6, 6.07) is 11.8. The molecule has 9 nitrogen and oxygen atoms in total. The van der Waals surface area contributed by atoms with E-state index in [4.69, 9.17) is 0 Å². The molecule has 1 saturated heterocycles. The molecule has 166 valence electrons. The molecule has 2 aliphatic heterocycles. The molecule has 1 aromatic heterocycles. The molecule has 5 rings (SSSR count). The first-order valence-electron chi connectivity index (χ1n) is 10.7. The maximum atomic E-state index is 13.0. The van der Waals surface area contributed by atoms with Crippen molar-refractivity contribution in [3.8, 4) is 0 Å². The highest BCUT2D eigenvalue weighted by atomic mass is 32.2. The first kappa shape index (κ1) is 20.8. The van der Waals surface area contributed by atoms with Crippen molar-refractivity contribution in [1.29, 1.82) is 0 Å². The van der Waals surface area contributed by atoms with Crippen LogP contribution in [0.4, 0.5) is 5.69 Å². The summed E-state index contributed by atoms with van der Waals surface area (Å²) in [5.41, 5.74) is 1.60. The number of nitrogens with zero attached hydrogens (tertiary/aromatic N) is 5. The third-order valence-corrected chi connectivity index (χ3v) is 8.01. The highest BCUT2D eigenvalue weighted by molar-refractivity contribution is 7.89. The molecule has 0 bridgehead atoms. The van der Waals surface area contributed by atoms with Gasteiger partial charge in [0.05, 0.1) is 10.3 Å². The normalized spacial score (nSPS) is 16.9. The summed E-state index contributed by atoms with van der Waals surface area (Å²) in [5, 5.41) is 8.32. The van der Waals surface area contributed by atoms with E-state index in [2.05, 4.69) is 10.3 Å². The Bertz CT molecular complexity index is 1360. The quantitative estimate of drug-likeness (QED) is 0.594. The Balaban J connectivity index is 1.38. The zero-order chi connectivity index (χ0) is 22.3. The number of hydrogen-bond acceptors (Lipinski definition) is 6. The van der Waals surface area contributed by atoms with Crippen molar-refractivity contribution < 1.29 is 13.2 Å². The fourth-order valence-corrected chi connectivity index (χ4v) is 5.96. The number of hydrogen-bond donors (Lipinski definition) is 0. The number of aromatic nitrogens is 3. The summed E-state index contributed by atoms with van der Waals surface area (Å²) in [7, 11) is -3.53. The van der Waals surface area contributed by atoms with Gasteiger partial charge in [-0.1, -0.05) is 23.8 Å². The molecule has 3 heterocycles. The molecule has 3 aromatic rings. The lowest BCUT2D eigenvalue weighted by Gasteiger charge is -2.26. The van der Waals surface area contributed by atoms with Gasteiger partial charge in [0, 0.05) is 25.3 Å². The van der Waals surface area contributed by atoms with Crippen LogP contribution in [0.5, 0.6) is 0 Å². The molecule has 0 atom stereocenters. The Morgan fingerprint density at radius 3 is 2.59 bits per heavy atom. The molecule has 0 saturated carbocycles. The van der Waals surface area contributed by atoms with E-state index in [0.29, 0.717) is 42.6 Å². The van der Waals surface area contributed by atoms with E-state index in [1.165, 1.54) is 0 Å². The van der Waals surface area contributed by atoms with Crippen molar-refractivity contribution in [3.63, 3.8) is 0 Å². The van der Waals surface area contributed by atoms with Gasteiger partial charge in [0.1, 0.15) is 12.1 Å². The monoisotopic (exact) mass is 453 g/mol. The molecule has 0 N–H and O–H groups in total. The first-order valence-corrected chi connectivity index (χ1v) is 12.2. The molecule has 0 radical (unpaired) electrons. The van der Waals surface area contributed by atoms with Crippen LogP contribution in [0.2, 0.25) is 0 Å². The van der Waals surface area contributed by atoms with E-state index in [1.807, 2.05) is 0 Å². The lowest BCUT2D eigenvalue weighted by Crippen LogP contribution is -2.37. The molecule has 0 spiro atoms. The van der Waals surface area contributed by atoms with E-state index >= 15 is 0 Å². The highest BCUT2D eigenvalue weighted by Gasteiger charge is 2.30. The average molecular weight is 454 g/mol. The summed E-state index contributed by atoms with van der Waals surface area (Å²) in [5.74, 6) is -0.290. The minimum absolute atomic E-state index is 0.232. The molecule has 0 unspecified atom stereocenters. The molecule has 2 aliphatic rings. The van der Waals surface area contributed by atoms with Crippen molar-refractivity contribution in [3.05, 3.63) is 58.4 Å². The summed E-state index contributed by atoms with van der Waals surface area (Å²) >= 11 is 0. The molecular weight excluding hydrogens is 430 g/mol. The van der Waals surface area contributed by atoms with Crippen LogP contribution in [-0.4, -0.2) is 53.3 Å². The number of benzene rings is 2. The Morgan fingerprint density at radius 2 is 1.78 bits per heavy atom. The number of piperidine rings is 1. The maximum Gasteiger partial charge on any atom is 0.278 e. The van der Waals surface area contributed by atoms with Crippen LogP contribution in [0, 0.1) is 0 Å². The molecule has 0 aliphatic carbocycles. The fourth-order valence-electron chi connectivity index (χ4n) is 4.39. The highest BCUT2D eigenvalue weighted by Crippen LogP contribution is 2.32. The van der Waals surface area contributed by atoms with E-state index in [0.717, 1.165) is 29.5 Å². The molecule has 10 heteroatoms. The fraction of sp³-hybridized carbons (Fsp3) is 0.364. The summed E-state index contributed by atoms with van der Waals surface area (Å²) < 4.78 is 28.6. The van der Waals surface area contributed by atoms with E-state index < -0.39 is 10.0 Å². The van der Waals surface area contributed by atoms with Crippen molar-refractivity contribution in [2.24, 2.45) is 0 Å². The van der Waals surface area contributed by atoms with Gasteiger partial charge >= 0.3 is 0 Å². The zero-order valence-corrected chi connectivity index (χ0v) is 18.3. The second-order valence-corrected chi connectivity index (χ2v) is 10.1. The smallest absolute Gasteiger partial charge is 0.278 e. The van der Waals surface area contributed by atoms with Crippen LogP contribution in [0.3, 0.4) is 0 Å². The number of rotatable bonds is 4. The molecule has 1 amide bonds. The average Bonchev–Trinajstić information content (AvgIpc) is 3.25. The van der Waals surface area contributed by atoms with Crippen LogP contribution in [0.15, 0.2) is 52.2 Å². The van der Waals surface area contributed by atoms with Gasteiger partial charge in [-0.3, -0.25) is 9.59 Å². The zero-order valence-electron chi connectivity index (χ0n) is 17.5. The largest absolute Gasteiger partial charge is 0.310 e. The Hall–Kier alpha value is -3.11. The Morgan fingerprint density at radius 1 is 1.00 bits per heavy atom. The summed E-state index contributed by atoms with van der Waals surface area (Å²) in [4.78, 5) is 27.5. The van der Waals surface area contributed by atoms with Gasteiger partial charge < -0.3 is 4.90 Å². The van der Waals surface area contributed by atoms with Gasteiger partial charge in [-0.25, -0.2) is 13.1 Å². The predicted octanol–water partition coefficient (Wildman–Crippen LogP) is 1.56. The Kier molecular flexibility index (Phi) is 5.26. The van der Waals surface area contributed by atoms with Gasteiger partial charge in [-0.2, -0.15) is 4.31 Å². The van der Waals surface area contributed by atoms with E-state index in [1.54, 1.807) is 51.7 Å².